The van der Waals surface area contributed by atoms with Crippen molar-refractivity contribution in [3.8, 4) is 0 Å². The van der Waals surface area contributed by atoms with Crippen molar-refractivity contribution in [2.24, 2.45) is 23.2 Å². The number of carbonyl (C=O) groups excluding carboxylic acids is 1. The lowest BCUT2D eigenvalue weighted by molar-refractivity contribution is -0.134. The van der Waals surface area contributed by atoms with Gasteiger partial charge in [-0.15, -0.1) is 11.6 Å². The third-order valence-electron chi connectivity index (χ3n) is 5.63. The third kappa shape index (κ3) is 1.85. The lowest BCUT2D eigenvalue weighted by atomic mass is 9.71. The van der Waals surface area contributed by atoms with Crippen LogP contribution in [0, 0.1) is 23.2 Å². The number of hydrogen-bond acceptors (Lipinski definition) is 2. The Hall–Kier alpha value is -1.12. The van der Waals surface area contributed by atoms with Crippen molar-refractivity contribution in [2.75, 3.05) is 6.61 Å². The summed E-state index contributed by atoms with van der Waals surface area (Å²) >= 11 is 6.68. The average Bonchev–Trinajstić information content (AvgIpc) is 3.12. The normalized spacial score (nSPS) is 40.0. The maximum Gasteiger partial charge on any atom is 0.143 e. The van der Waals surface area contributed by atoms with Crippen LogP contribution < -0.4 is 0 Å². The van der Waals surface area contributed by atoms with Crippen LogP contribution in [0.1, 0.15) is 18.4 Å². The molecule has 110 valence electrons. The summed E-state index contributed by atoms with van der Waals surface area (Å²) < 4.78 is 5.94. The van der Waals surface area contributed by atoms with E-state index in [4.69, 9.17) is 16.3 Å². The minimum absolute atomic E-state index is 0.0549. The summed E-state index contributed by atoms with van der Waals surface area (Å²) in [4.78, 5) is 12.6. The second-order valence-electron chi connectivity index (χ2n) is 6.56. The molecule has 0 aromatic heterocycles. The number of rotatable bonds is 4. The molecule has 2 saturated carbocycles. The van der Waals surface area contributed by atoms with Gasteiger partial charge in [0.1, 0.15) is 5.78 Å². The maximum absolute atomic E-state index is 12.6. The monoisotopic (exact) mass is 302 g/mol. The first-order valence-electron chi connectivity index (χ1n) is 7.69. The second kappa shape index (κ2) is 4.96. The zero-order chi connectivity index (χ0) is 14.4. The van der Waals surface area contributed by atoms with Gasteiger partial charge in [-0.2, -0.15) is 0 Å². The van der Waals surface area contributed by atoms with Gasteiger partial charge in [0, 0.05) is 6.42 Å². The number of hydrogen-bond donors (Lipinski definition) is 0. The molecular formula is C18H19ClO2. The summed E-state index contributed by atoms with van der Waals surface area (Å²) in [5, 5.41) is -0.0549. The van der Waals surface area contributed by atoms with E-state index in [-0.39, 0.29) is 5.38 Å². The summed E-state index contributed by atoms with van der Waals surface area (Å²) in [6.07, 6.45) is 6.10. The molecular weight excluding hydrogens is 284 g/mol. The lowest BCUT2D eigenvalue weighted by Gasteiger charge is -2.35. The smallest absolute Gasteiger partial charge is 0.143 e. The van der Waals surface area contributed by atoms with Crippen LogP contribution in [0.5, 0.6) is 0 Å². The summed E-state index contributed by atoms with van der Waals surface area (Å²) in [5.41, 5.74) is 0.691. The van der Waals surface area contributed by atoms with Crippen LogP contribution in [0.2, 0.25) is 0 Å². The Kier molecular flexibility index (Phi) is 3.20. The van der Waals surface area contributed by atoms with Gasteiger partial charge in [0.15, 0.2) is 0 Å². The molecule has 0 N–H and O–H groups in total. The first kappa shape index (κ1) is 13.5. The number of allylic oxidation sites excluding steroid dienone is 2. The standard InChI is InChI=1S/C18H19ClO2/c19-17-14-9-16(20)18(17,15-8-4-7-13(14)15)11-21-10-12-5-2-1-3-6-12/h1-7,13-15,17H,8-11H2/t13-,14+,15-,17-,18+/m1/s1. The van der Waals surface area contributed by atoms with E-state index in [1.54, 1.807) is 0 Å². The van der Waals surface area contributed by atoms with Crippen LogP contribution >= 0.6 is 11.6 Å². The number of ketones is 1. The summed E-state index contributed by atoms with van der Waals surface area (Å²) in [5.74, 6) is 1.50. The zero-order valence-electron chi connectivity index (χ0n) is 11.9. The molecule has 0 heterocycles. The molecule has 2 nitrogen and oxygen atoms in total. The number of carbonyl (C=O) groups is 1. The van der Waals surface area contributed by atoms with Crippen molar-refractivity contribution in [1.82, 2.24) is 0 Å². The van der Waals surface area contributed by atoms with Crippen molar-refractivity contribution in [3.05, 3.63) is 48.0 Å². The van der Waals surface area contributed by atoms with Gasteiger partial charge in [0.2, 0.25) is 0 Å². The Morgan fingerprint density at radius 3 is 2.90 bits per heavy atom. The van der Waals surface area contributed by atoms with Gasteiger partial charge in [-0.3, -0.25) is 4.79 Å². The molecule has 0 amide bonds. The molecule has 4 rings (SSSR count). The molecule has 0 spiro atoms. The first-order valence-corrected chi connectivity index (χ1v) is 8.13. The Bertz CT molecular complexity index is 582. The molecule has 3 aliphatic rings. The fourth-order valence-corrected chi connectivity index (χ4v) is 5.24. The Morgan fingerprint density at radius 1 is 1.29 bits per heavy atom. The van der Waals surface area contributed by atoms with Gasteiger partial charge in [-0.1, -0.05) is 42.5 Å². The fraction of sp³-hybridized carbons (Fsp3) is 0.500. The number of ether oxygens (including phenoxy) is 1. The second-order valence-corrected chi connectivity index (χ2v) is 7.03. The average molecular weight is 303 g/mol. The van der Waals surface area contributed by atoms with Gasteiger partial charge in [0.25, 0.3) is 0 Å². The summed E-state index contributed by atoms with van der Waals surface area (Å²) in [6, 6.07) is 10.1. The molecule has 0 unspecified atom stereocenters. The van der Waals surface area contributed by atoms with E-state index in [0.29, 0.717) is 43.2 Å². The van der Waals surface area contributed by atoms with Crippen molar-refractivity contribution >= 4 is 17.4 Å². The molecule has 5 atom stereocenters. The topological polar surface area (TPSA) is 26.3 Å². The first-order chi connectivity index (χ1) is 10.2. The fourth-order valence-electron chi connectivity index (χ4n) is 4.63. The SMILES string of the molecule is O=C1C[C@H]2[C@H]3C=CC[C@H]3[C@]1(COCc1ccccc1)[C@@H]2Cl. The largest absolute Gasteiger partial charge is 0.376 e. The number of Topliss-reactive ketones (excluding diaryl/α,β-unsaturated/α-hetero) is 1. The highest BCUT2D eigenvalue weighted by molar-refractivity contribution is 6.25. The Morgan fingerprint density at radius 2 is 2.10 bits per heavy atom. The number of fused-ring (bicyclic) bond motifs is 5. The van der Waals surface area contributed by atoms with E-state index in [0.717, 1.165) is 12.0 Å². The van der Waals surface area contributed by atoms with Gasteiger partial charge >= 0.3 is 0 Å². The predicted octanol–water partition coefficient (Wildman–Crippen LogP) is 3.59. The quantitative estimate of drug-likeness (QED) is 0.627. The molecule has 0 radical (unpaired) electrons. The molecule has 0 saturated heterocycles. The molecule has 21 heavy (non-hydrogen) atoms. The minimum atomic E-state index is -0.449. The predicted molar refractivity (Wildman–Crippen MR) is 82.0 cm³/mol. The van der Waals surface area contributed by atoms with Crippen molar-refractivity contribution in [3.63, 3.8) is 0 Å². The molecule has 3 aliphatic carbocycles. The Labute approximate surface area is 130 Å². The summed E-state index contributed by atoms with van der Waals surface area (Å²) in [6.45, 7) is 1.02. The summed E-state index contributed by atoms with van der Waals surface area (Å²) in [7, 11) is 0. The van der Waals surface area contributed by atoms with E-state index >= 15 is 0 Å². The molecule has 1 aromatic carbocycles. The van der Waals surface area contributed by atoms with Crippen LogP contribution in [0.15, 0.2) is 42.5 Å². The van der Waals surface area contributed by atoms with Crippen LogP contribution in [0.3, 0.4) is 0 Å². The maximum atomic E-state index is 12.6. The van der Waals surface area contributed by atoms with E-state index < -0.39 is 5.41 Å². The van der Waals surface area contributed by atoms with Gasteiger partial charge < -0.3 is 4.74 Å². The van der Waals surface area contributed by atoms with Gasteiger partial charge in [-0.05, 0) is 29.7 Å². The van der Waals surface area contributed by atoms with Gasteiger partial charge in [0.05, 0.1) is 24.0 Å². The minimum Gasteiger partial charge on any atom is -0.376 e. The van der Waals surface area contributed by atoms with Crippen LogP contribution in [-0.4, -0.2) is 17.8 Å². The van der Waals surface area contributed by atoms with Gasteiger partial charge in [-0.25, -0.2) is 0 Å². The Balaban J connectivity index is 1.51. The van der Waals surface area contributed by atoms with Crippen LogP contribution in [-0.2, 0) is 16.1 Å². The highest BCUT2D eigenvalue weighted by atomic mass is 35.5. The third-order valence-corrected chi connectivity index (χ3v) is 6.34. The van der Waals surface area contributed by atoms with Crippen molar-refractivity contribution in [1.29, 1.82) is 0 Å². The highest BCUT2D eigenvalue weighted by Gasteiger charge is 2.68. The van der Waals surface area contributed by atoms with Crippen molar-refractivity contribution in [2.45, 2.75) is 24.8 Å². The highest BCUT2D eigenvalue weighted by Crippen LogP contribution is 2.64. The molecule has 2 bridgehead atoms. The molecule has 1 aromatic rings. The van der Waals surface area contributed by atoms with E-state index in [1.165, 1.54) is 0 Å². The van der Waals surface area contributed by atoms with Crippen molar-refractivity contribution < 1.29 is 9.53 Å². The molecule has 0 aliphatic heterocycles. The van der Waals surface area contributed by atoms with Crippen LogP contribution in [0.4, 0.5) is 0 Å². The number of benzene rings is 1. The lowest BCUT2D eigenvalue weighted by Crippen LogP contribution is -2.43. The van der Waals surface area contributed by atoms with E-state index in [1.807, 2.05) is 30.3 Å². The van der Waals surface area contributed by atoms with E-state index in [9.17, 15) is 4.79 Å². The number of alkyl halides is 1. The molecule has 2 fully saturated rings. The molecule has 3 heteroatoms. The van der Waals surface area contributed by atoms with E-state index in [2.05, 4.69) is 12.2 Å². The zero-order valence-corrected chi connectivity index (χ0v) is 12.6. The van der Waals surface area contributed by atoms with Crippen LogP contribution in [0.25, 0.3) is 0 Å². The number of halogens is 1.